The lowest BCUT2D eigenvalue weighted by Crippen LogP contribution is -2.20. The minimum atomic E-state index is -4.54. The topological polar surface area (TPSA) is 101 Å². The molecular formula is C23H18ClF3N6O2S. The summed E-state index contributed by atoms with van der Waals surface area (Å²) in [6.45, 7) is 2.80. The summed E-state index contributed by atoms with van der Waals surface area (Å²) in [6, 6.07) is 9.29. The molecule has 2 heterocycles. The number of thiazole rings is 1. The largest absolute Gasteiger partial charge is 0.424 e. The first-order valence-electron chi connectivity index (χ1n) is 10.5. The van der Waals surface area contributed by atoms with Gasteiger partial charge in [0.25, 0.3) is 0 Å². The third-order valence-electron chi connectivity index (χ3n) is 4.61. The summed E-state index contributed by atoms with van der Waals surface area (Å²) in [7, 11) is 0. The molecule has 0 saturated carbocycles. The average Bonchev–Trinajstić information content (AvgIpc) is 3.30. The molecule has 4 rings (SSSR count). The summed E-state index contributed by atoms with van der Waals surface area (Å²) >= 11 is 7.40. The number of amides is 2. The van der Waals surface area contributed by atoms with Gasteiger partial charge in [-0.2, -0.15) is 13.2 Å². The summed E-state index contributed by atoms with van der Waals surface area (Å²) in [5.41, 5.74) is 0.324. The molecule has 8 nitrogen and oxygen atoms in total. The second-order valence-electron chi connectivity index (χ2n) is 7.21. The van der Waals surface area contributed by atoms with Crippen LogP contribution in [0.3, 0.4) is 0 Å². The number of nitrogens with one attached hydrogen (secondary N) is 3. The highest BCUT2D eigenvalue weighted by Gasteiger charge is 2.31. The Hall–Kier alpha value is -3.90. The predicted molar refractivity (Wildman–Crippen MR) is 133 cm³/mol. The standard InChI is InChI=1S/C23H18ClF3N6O2S/c1-2-28-22-31-12-19(36-22)13-3-6-16(7-4-13)35-21-29-10-15(11-30-21)32-20(34)33-18-8-5-14(9-17(18)24)23(25,26)27/h3-12H,2H2,1H3,(H,28,31)(H2,32,33,34). The molecule has 0 spiro atoms. The number of alkyl halides is 3. The Bertz CT molecular complexity index is 1350. The van der Waals surface area contributed by atoms with E-state index >= 15 is 0 Å². The normalized spacial score (nSPS) is 11.1. The lowest BCUT2D eigenvalue weighted by Gasteiger charge is -2.11. The maximum atomic E-state index is 12.7. The number of hydrogen-bond acceptors (Lipinski definition) is 7. The van der Waals surface area contributed by atoms with Gasteiger partial charge in [0.15, 0.2) is 5.13 Å². The van der Waals surface area contributed by atoms with Crippen molar-refractivity contribution < 1.29 is 22.7 Å². The van der Waals surface area contributed by atoms with Crippen molar-refractivity contribution in [3.05, 3.63) is 71.6 Å². The Morgan fingerprint density at radius 3 is 2.39 bits per heavy atom. The Labute approximate surface area is 212 Å². The van der Waals surface area contributed by atoms with E-state index in [0.29, 0.717) is 5.75 Å². The number of urea groups is 1. The van der Waals surface area contributed by atoms with Crippen molar-refractivity contribution in [1.82, 2.24) is 15.0 Å². The number of anilines is 3. The van der Waals surface area contributed by atoms with Crippen LogP contribution in [0.1, 0.15) is 12.5 Å². The molecule has 2 amide bonds. The zero-order valence-electron chi connectivity index (χ0n) is 18.6. The van der Waals surface area contributed by atoms with E-state index < -0.39 is 17.8 Å². The minimum Gasteiger partial charge on any atom is -0.424 e. The molecule has 0 fully saturated rings. The SMILES string of the molecule is CCNc1ncc(-c2ccc(Oc3ncc(NC(=O)Nc4ccc(C(F)(F)F)cc4Cl)cn3)cc2)s1. The van der Waals surface area contributed by atoms with Crippen molar-refractivity contribution in [3.63, 3.8) is 0 Å². The number of nitrogens with zero attached hydrogens (tertiary/aromatic N) is 3. The van der Waals surface area contributed by atoms with E-state index in [0.717, 1.165) is 40.3 Å². The maximum absolute atomic E-state index is 12.7. The Kier molecular flexibility index (Phi) is 7.55. The zero-order valence-corrected chi connectivity index (χ0v) is 20.1. The monoisotopic (exact) mass is 534 g/mol. The second-order valence-corrected chi connectivity index (χ2v) is 8.65. The van der Waals surface area contributed by atoms with Gasteiger partial charge in [0.05, 0.1) is 39.2 Å². The number of hydrogen-bond donors (Lipinski definition) is 3. The summed E-state index contributed by atoms with van der Waals surface area (Å²) in [5, 5.41) is 8.62. The Balaban J connectivity index is 1.33. The molecule has 0 unspecified atom stereocenters. The van der Waals surface area contributed by atoms with Gasteiger partial charge in [0.2, 0.25) is 0 Å². The smallest absolute Gasteiger partial charge is 0.416 e. The molecule has 2 aromatic carbocycles. The number of benzene rings is 2. The molecule has 0 radical (unpaired) electrons. The van der Waals surface area contributed by atoms with E-state index in [9.17, 15) is 18.0 Å². The number of halogens is 4. The van der Waals surface area contributed by atoms with E-state index in [1.807, 2.05) is 19.1 Å². The van der Waals surface area contributed by atoms with Gasteiger partial charge in [-0.25, -0.2) is 19.7 Å². The molecule has 0 aliphatic carbocycles. The van der Waals surface area contributed by atoms with Gasteiger partial charge >= 0.3 is 18.2 Å². The van der Waals surface area contributed by atoms with Crippen LogP contribution in [0.4, 0.5) is 34.5 Å². The van der Waals surface area contributed by atoms with E-state index in [1.165, 1.54) is 12.4 Å². The molecule has 3 N–H and O–H groups in total. The molecule has 4 aromatic rings. The highest BCUT2D eigenvalue weighted by Crippen LogP contribution is 2.34. The van der Waals surface area contributed by atoms with Crippen molar-refractivity contribution in [2.45, 2.75) is 13.1 Å². The molecule has 0 aliphatic heterocycles. The number of ether oxygens (including phenoxy) is 1. The van der Waals surface area contributed by atoms with Crippen molar-refractivity contribution in [2.75, 3.05) is 22.5 Å². The minimum absolute atomic E-state index is 0.0164. The van der Waals surface area contributed by atoms with Crippen LogP contribution in [0.5, 0.6) is 11.8 Å². The van der Waals surface area contributed by atoms with Crippen LogP contribution in [0, 0.1) is 0 Å². The molecule has 0 atom stereocenters. The average molecular weight is 535 g/mol. The van der Waals surface area contributed by atoms with Gasteiger partial charge in [-0.3, -0.25) is 0 Å². The van der Waals surface area contributed by atoms with Gasteiger partial charge < -0.3 is 20.7 Å². The lowest BCUT2D eigenvalue weighted by atomic mass is 10.2. The van der Waals surface area contributed by atoms with Crippen molar-refractivity contribution in [1.29, 1.82) is 0 Å². The van der Waals surface area contributed by atoms with Crippen LogP contribution in [0.25, 0.3) is 10.4 Å². The van der Waals surface area contributed by atoms with E-state index in [2.05, 4.69) is 30.9 Å². The van der Waals surface area contributed by atoms with Crippen LogP contribution < -0.4 is 20.7 Å². The van der Waals surface area contributed by atoms with Crippen LogP contribution in [0.2, 0.25) is 5.02 Å². The highest BCUT2D eigenvalue weighted by molar-refractivity contribution is 7.18. The van der Waals surface area contributed by atoms with Gasteiger partial charge in [-0.05, 0) is 55.0 Å². The molecule has 36 heavy (non-hydrogen) atoms. The predicted octanol–water partition coefficient (Wildman–Crippen LogP) is 7.14. The molecular weight excluding hydrogens is 517 g/mol. The Morgan fingerprint density at radius 2 is 1.75 bits per heavy atom. The number of aromatic nitrogens is 3. The summed E-state index contributed by atoms with van der Waals surface area (Å²) in [5.74, 6) is 0.519. The highest BCUT2D eigenvalue weighted by atomic mass is 35.5. The molecule has 13 heteroatoms. The summed E-state index contributed by atoms with van der Waals surface area (Å²) in [4.78, 5) is 25.6. The van der Waals surface area contributed by atoms with E-state index in [-0.39, 0.29) is 22.4 Å². The fraction of sp³-hybridized carbons (Fsp3) is 0.130. The van der Waals surface area contributed by atoms with Crippen LogP contribution in [0.15, 0.2) is 61.1 Å². The maximum Gasteiger partial charge on any atom is 0.416 e. The number of carbonyl (C=O) groups excluding carboxylic acids is 1. The van der Waals surface area contributed by atoms with Crippen molar-refractivity contribution in [3.8, 4) is 22.2 Å². The fourth-order valence-corrected chi connectivity index (χ4v) is 4.06. The molecule has 0 aliphatic rings. The third-order valence-corrected chi connectivity index (χ3v) is 5.93. The quantitative estimate of drug-likeness (QED) is 0.233. The Morgan fingerprint density at radius 1 is 1.03 bits per heavy atom. The second kappa shape index (κ2) is 10.8. The lowest BCUT2D eigenvalue weighted by molar-refractivity contribution is -0.137. The van der Waals surface area contributed by atoms with Crippen molar-refractivity contribution >= 4 is 45.5 Å². The molecule has 0 bridgehead atoms. The summed E-state index contributed by atoms with van der Waals surface area (Å²) in [6.07, 6.45) is -0.0886. The first kappa shape index (κ1) is 25.2. The first-order valence-corrected chi connectivity index (χ1v) is 11.7. The summed E-state index contributed by atoms with van der Waals surface area (Å²) < 4.78 is 43.9. The number of rotatable bonds is 7. The van der Waals surface area contributed by atoms with Gasteiger partial charge in [0.1, 0.15) is 5.75 Å². The van der Waals surface area contributed by atoms with Gasteiger partial charge in [-0.15, -0.1) is 0 Å². The first-order chi connectivity index (χ1) is 17.2. The van der Waals surface area contributed by atoms with Crippen LogP contribution in [-0.4, -0.2) is 27.5 Å². The fourth-order valence-electron chi connectivity index (χ4n) is 2.94. The van der Waals surface area contributed by atoms with Crippen LogP contribution in [-0.2, 0) is 6.18 Å². The van der Waals surface area contributed by atoms with Gasteiger partial charge in [-0.1, -0.05) is 22.9 Å². The van der Waals surface area contributed by atoms with Crippen molar-refractivity contribution in [2.24, 2.45) is 0 Å². The van der Waals surface area contributed by atoms with E-state index in [4.69, 9.17) is 16.3 Å². The molecule has 186 valence electrons. The molecule has 2 aromatic heterocycles. The van der Waals surface area contributed by atoms with Crippen LogP contribution >= 0.6 is 22.9 Å². The zero-order chi connectivity index (χ0) is 25.7. The van der Waals surface area contributed by atoms with Gasteiger partial charge in [0, 0.05) is 12.7 Å². The number of carbonyl (C=O) groups is 1. The van der Waals surface area contributed by atoms with E-state index in [1.54, 1.807) is 29.7 Å². The third kappa shape index (κ3) is 6.40. The molecule has 0 saturated heterocycles.